The van der Waals surface area contributed by atoms with Crippen molar-refractivity contribution < 1.29 is 14.3 Å². The highest BCUT2D eigenvalue weighted by Crippen LogP contribution is 2.46. The minimum absolute atomic E-state index is 0. The Bertz CT molecular complexity index is 1850. The first-order chi connectivity index (χ1) is 26.7. The lowest BCUT2D eigenvalue weighted by atomic mass is 9.77. The molecule has 3 fully saturated rings. The fourth-order valence-electron chi connectivity index (χ4n) is 7.90. The third-order valence-corrected chi connectivity index (χ3v) is 10.4. The van der Waals surface area contributed by atoms with Crippen LogP contribution < -0.4 is 14.5 Å². The van der Waals surface area contributed by atoms with Gasteiger partial charge < -0.3 is 24.2 Å². The minimum atomic E-state index is -0.0194. The van der Waals surface area contributed by atoms with Gasteiger partial charge in [-0.2, -0.15) is 9.97 Å². The molecule has 1 atom stereocenters. The van der Waals surface area contributed by atoms with E-state index in [9.17, 15) is 4.79 Å². The van der Waals surface area contributed by atoms with E-state index in [-0.39, 0.29) is 31.4 Å². The number of aromatic nitrogens is 3. The number of likely N-dealkylation sites (tertiary alicyclic amines) is 1. The summed E-state index contributed by atoms with van der Waals surface area (Å²) >= 11 is 0. The van der Waals surface area contributed by atoms with Gasteiger partial charge in [-0.05, 0) is 80.9 Å². The second-order valence-corrected chi connectivity index (χ2v) is 14.1. The molecule has 1 unspecified atom stereocenters. The highest BCUT2D eigenvalue weighted by molar-refractivity contribution is 5.88. The average molecular weight is 763 g/mol. The monoisotopic (exact) mass is 763 g/mol. The van der Waals surface area contributed by atoms with E-state index in [0.717, 1.165) is 86.9 Å². The zero-order valence-corrected chi connectivity index (χ0v) is 34.6. The number of allylic oxidation sites excluding steroid dienone is 2. The van der Waals surface area contributed by atoms with E-state index in [1.165, 1.54) is 22.8 Å². The van der Waals surface area contributed by atoms with Crippen LogP contribution in [0.5, 0.6) is 6.01 Å². The number of nitrogens with zero attached hydrogens (tertiary/aromatic N) is 6. The van der Waals surface area contributed by atoms with E-state index in [4.69, 9.17) is 30.8 Å². The summed E-state index contributed by atoms with van der Waals surface area (Å²) in [7, 11) is 0. The highest BCUT2D eigenvalue weighted by Gasteiger charge is 2.49. The molecule has 1 spiro atoms. The molecule has 5 heterocycles. The van der Waals surface area contributed by atoms with Gasteiger partial charge in [0.1, 0.15) is 6.61 Å². The van der Waals surface area contributed by atoms with Crippen LogP contribution in [0.15, 0.2) is 61.3 Å². The molecule has 2 aromatic heterocycles. The molecule has 0 bridgehead atoms. The lowest BCUT2D eigenvalue weighted by molar-refractivity contribution is -0.136. The van der Waals surface area contributed by atoms with Gasteiger partial charge in [0.25, 0.3) is 0 Å². The molecule has 4 aliphatic rings. The first-order valence-corrected chi connectivity index (χ1v) is 20.1. The van der Waals surface area contributed by atoms with Crippen LogP contribution in [0.2, 0.25) is 0 Å². The number of hydrogen-bond acceptors (Lipinski definition) is 8. The minimum Gasteiger partial charge on any atom is -0.457 e. The van der Waals surface area contributed by atoms with E-state index >= 15 is 0 Å². The third-order valence-electron chi connectivity index (χ3n) is 10.4. The molecule has 0 N–H and O–H groups in total. The van der Waals surface area contributed by atoms with Crippen molar-refractivity contribution in [1.29, 1.82) is 0 Å². The van der Waals surface area contributed by atoms with Gasteiger partial charge in [-0.15, -0.1) is 13.0 Å². The predicted octanol–water partition coefficient (Wildman–Crippen LogP) is 9.65. The lowest BCUT2D eigenvalue weighted by Gasteiger charge is -2.47. The Balaban J connectivity index is 0.000000990. The number of benzene rings is 1. The van der Waals surface area contributed by atoms with Crippen LogP contribution in [-0.2, 0) is 16.1 Å². The second-order valence-electron chi connectivity index (χ2n) is 14.1. The number of fused-ring (bicyclic) bond motifs is 1. The van der Waals surface area contributed by atoms with E-state index in [0.29, 0.717) is 30.4 Å². The Labute approximate surface area is 337 Å². The number of aryl methyl sites for hydroxylation is 1. The standard InChI is InChI=1S/C39H44N6O3.C3H6.2C2H6.CH4/c1-6-28-19-26(4)20-29-10-9-27(5)34(35(28)29)36-32(7-2)37(44-14-13-39(23-44)24-45(25-39)33(46)8-3)42-38(41-36)48-22-30-11-12-31(21-40-30)43-15-17-47-18-16-43;1-3-2;2*1-2;/h2,8-12,20-21,28H,3,6,13-19,22-25H2,1,4-5H3;3H,1H2,2H3;2*1-2H3;1H4. The predicted molar refractivity (Wildman–Crippen MR) is 234 cm³/mol. The Hall–Kier alpha value is -4.94. The Morgan fingerprint density at radius 2 is 1.73 bits per heavy atom. The summed E-state index contributed by atoms with van der Waals surface area (Å²) in [5, 5.41) is 0. The normalized spacial score (nSPS) is 17.4. The maximum Gasteiger partial charge on any atom is 0.319 e. The zero-order valence-electron chi connectivity index (χ0n) is 34.6. The van der Waals surface area contributed by atoms with Gasteiger partial charge in [-0.3, -0.25) is 9.78 Å². The third kappa shape index (κ3) is 10.1. The van der Waals surface area contributed by atoms with Crippen molar-refractivity contribution in [2.75, 3.05) is 62.3 Å². The summed E-state index contributed by atoms with van der Waals surface area (Å²) in [6.07, 6.45) is 16.7. The number of terminal acetylenes is 1. The molecule has 1 amide bonds. The number of hydrogen-bond donors (Lipinski definition) is 0. The molecular weight excluding hydrogens is 697 g/mol. The van der Waals surface area contributed by atoms with Crippen molar-refractivity contribution in [3.63, 3.8) is 0 Å². The van der Waals surface area contributed by atoms with Crippen molar-refractivity contribution in [3.8, 4) is 29.6 Å². The zero-order chi connectivity index (χ0) is 40.1. The van der Waals surface area contributed by atoms with Gasteiger partial charge in [-0.25, -0.2) is 0 Å². The lowest BCUT2D eigenvalue weighted by Crippen LogP contribution is -2.59. The molecule has 1 aliphatic carbocycles. The van der Waals surface area contributed by atoms with Crippen LogP contribution in [-0.4, -0.2) is 78.2 Å². The van der Waals surface area contributed by atoms with Gasteiger partial charge in [-0.1, -0.05) is 84.4 Å². The summed E-state index contributed by atoms with van der Waals surface area (Å²) in [5.41, 5.74) is 9.42. The van der Waals surface area contributed by atoms with Crippen molar-refractivity contribution in [3.05, 3.63) is 89.3 Å². The van der Waals surface area contributed by atoms with Gasteiger partial charge in [0.05, 0.1) is 42.0 Å². The van der Waals surface area contributed by atoms with Crippen LogP contribution in [0.1, 0.15) is 109 Å². The van der Waals surface area contributed by atoms with Crippen molar-refractivity contribution in [2.45, 2.75) is 94.6 Å². The van der Waals surface area contributed by atoms with Gasteiger partial charge in [0.15, 0.2) is 5.82 Å². The Kier molecular flexibility index (Phi) is 17.4. The topological polar surface area (TPSA) is 83.9 Å². The number of carbonyl (C=O) groups is 1. The summed E-state index contributed by atoms with van der Waals surface area (Å²) in [6.45, 7) is 29.9. The van der Waals surface area contributed by atoms with Crippen molar-refractivity contribution in [2.24, 2.45) is 5.41 Å². The fourth-order valence-corrected chi connectivity index (χ4v) is 7.90. The number of rotatable bonds is 8. The molecule has 56 heavy (non-hydrogen) atoms. The Morgan fingerprint density at radius 3 is 2.34 bits per heavy atom. The summed E-state index contributed by atoms with van der Waals surface area (Å²) < 4.78 is 11.9. The molecule has 7 rings (SSSR count). The number of ether oxygens (including phenoxy) is 2. The number of anilines is 2. The fraction of sp³-hybridized carbons (Fsp3) is 0.489. The van der Waals surface area contributed by atoms with Crippen LogP contribution in [0, 0.1) is 24.7 Å². The Morgan fingerprint density at radius 1 is 1.04 bits per heavy atom. The van der Waals surface area contributed by atoms with Crippen LogP contribution in [0.4, 0.5) is 11.5 Å². The number of morpholine rings is 1. The number of carbonyl (C=O) groups excluding carboxylic acids is 1. The summed E-state index contributed by atoms with van der Waals surface area (Å²) in [5.74, 6) is 4.07. The first kappa shape index (κ1) is 45.4. The van der Waals surface area contributed by atoms with Gasteiger partial charge in [0.2, 0.25) is 5.91 Å². The van der Waals surface area contributed by atoms with E-state index in [2.05, 4.69) is 73.9 Å². The molecule has 3 aliphatic heterocycles. The maximum atomic E-state index is 12.3. The molecule has 3 saturated heterocycles. The van der Waals surface area contributed by atoms with Crippen LogP contribution in [0.25, 0.3) is 17.3 Å². The summed E-state index contributed by atoms with van der Waals surface area (Å²) in [4.78, 5) is 33.4. The maximum absolute atomic E-state index is 12.3. The van der Waals surface area contributed by atoms with E-state index in [1.807, 2.05) is 51.8 Å². The van der Waals surface area contributed by atoms with Crippen molar-refractivity contribution >= 4 is 23.5 Å². The molecule has 1 aromatic carbocycles. The highest BCUT2D eigenvalue weighted by atomic mass is 16.5. The number of amides is 1. The van der Waals surface area contributed by atoms with Crippen LogP contribution >= 0.6 is 0 Å². The molecule has 302 valence electrons. The molecule has 0 saturated carbocycles. The number of pyridine rings is 1. The molecule has 9 nitrogen and oxygen atoms in total. The van der Waals surface area contributed by atoms with Gasteiger partial charge >= 0.3 is 6.01 Å². The molecule has 0 radical (unpaired) electrons. The largest absolute Gasteiger partial charge is 0.457 e. The van der Waals surface area contributed by atoms with Crippen LogP contribution in [0.3, 0.4) is 0 Å². The summed E-state index contributed by atoms with van der Waals surface area (Å²) in [6, 6.07) is 8.75. The quantitative estimate of drug-likeness (QED) is 0.128. The van der Waals surface area contributed by atoms with E-state index in [1.54, 1.807) is 6.08 Å². The SMILES string of the molecule is C.C#Cc1c(-c2c(C)ccc3c2C(CC)CC(C)=C3)nc(OCc2ccc(N3CCOCC3)cn2)nc1N1CCC2(CN(C(=O)C=C)C2)C1.C=CC.CC.CC. The van der Waals surface area contributed by atoms with Gasteiger partial charge in [0, 0.05) is 50.2 Å². The molecule has 9 heteroatoms. The molecule has 3 aromatic rings. The van der Waals surface area contributed by atoms with Crippen molar-refractivity contribution in [1.82, 2.24) is 19.9 Å². The average Bonchev–Trinajstić information content (AvgIpc) is 3.67. The second kappa shape index (κ2) is 21.4. The smallest absolute Gasteiger partial charge is 0.319 e. The molecular formula is C47H66N6O3. The first-order valence-electron chi connectivity index (χ1n) is 20.1. The van der Waals surface area contributed by atoms with E-state index < -0.39 is 0 Å².